The molecule has 16 heavy (non-hydrogen) atoms. The van der Waals surface area contributed by atoms with E-state index in [1.165, 1.54) is 0 Å². The Hall–Kier alpha value is -1.10. The van der Waals surface area contributed by atoms with Gasteiger partial charge in [-0.05, 0) is 37.5 Å². The molecule has 0 spiro atoms. The van der Waals surface area contributed by atoms with Gasteiger partial charge in [-0.15, -0.1) is 3.89 Å². The van der Waals surface area contributed by atoms with Crippen LogP contribution in [0.15, 0.2) is 24.3 Å². The highest BCUT2D eigenvalue weighted by Crippen LogP contribution is 2.12. The van der Waals surface area contributed by atoms with Gasteiger partial charge in [0, 0.05) is 0 Å². The molecule has 0 radical (unpaired) electrons. The first-order valence-electron chi connectivity index (χ1n) is 5.09. The molecule has 90 valence electrons. The molecule has 0 amide bonds. The second-order valence-electron chi connectivity index (χ2n) is 3.62. The molecule has 5 heteroatoms. The van der Waals surface area contributed by atoms with Gasteiger partial charge in [0.05, 0.1) is 12.4 Å². The molecular formula is C11H15FO3S. The first-order valence-corrected chi connectivity index (χ1v) is 6.64. The van der Waals surface area contributed by atoms with Crippen molar-refractivity contribution in [3.05, 3.63) is 29.8 Å². The van der Waals surface area contributed by atoms with Crippen LogP contribution >= 0.6 is 0 Å². The van der Waals surface area contributed by atoms with Crippen LogP contribution in [0.1, 0.15) is 18.4 Å². The Bertz CT molecular complexity index is 429. The fraction of sp³-hybridized carbons (Fsp3) is 0.455. The van der Waals surface area contributed by atoms with Crippen molar-refractivity contribution in [3.8, 4) is 5.75 Å². The highest BCUT2D eigenvalue weighted by molar-refractivity contribution is 7.86. The molecule has 3 nitrogen and oxygen atoms in total. The molecule has 1 aromatic carbocycles. The van der Waals surface area contributed by atoms with Gasteiger partial charge in [-0.25, -0.2) is 0 Å². The Balaban J connectivity index is 2.21. The second kappa shape index (κ2) is 5.84. The van der Waals surface area contributed by atoms with E-state index in [9.17, 15) is 12.3 Å². The van der Waals surface area contributed by atoms with Gasteiger partial charge in [-0.1, -0.05) is 12.1 Å². The van der Waals surface area contributed by atoms with Crippen molar-refractivity contribution in [2.75, 3.05) is 12.4 Å². The summed E-state index contributed by atoms with van der Waals surface area (Å²) in [5.74, 6) is 0.326. The van der Waals surface area contributed by atoms with Gasteiger partial charge in [-0.2, -0.15) is 8.42 Å². The van der Waals surface area contributed by atoms with Crippen LogP contribution < -0.4 is 4.74 Å². The maximum atomic E-state index is 12.1. The van der Waals surface area contributed by atoms with Crippen LogP contribution in [0.5, 0.6) is 5.75 Å². The van der Waals surface area contributed by atoms with Crippen LogP contribution in [0.4, 0.5) is 3.89 Å². The van der Waals surface area contributed by atoms with Gasteiger partial charge in [0.1, 0.15) is 5.75 Å². The van der Waals surface area contributed by atoms with E-state index in [0.29, 0.717) is 13.0 Å². The average Bonchev–Trinajstić information content (AvgIpc) is 2.15. The van der Waals surface area contributed by atoms with Crippen molar-refractivity contribution in [1.82, 2.24) is 0 Å². The van der Waals surface area contributed by atoms with Gasteiger partial charge >= 0.3 is 10.2 Å². The quantitative estimate of drug-likeness (QED) is 0.572. The molecule has 0 N–H and O–H groups in total. The summed E-state index contributed by atoms with van der Waals surface area (Å²) in [5.41, 5.74) is 1.10. The first kappa shape index (κ1) is 13.0. The molecular weight excluding hydrogens is 231 g/mol. The number of halogens is 1. The molecule has 0 bridgehead atoms. The number of benzene rings is 1. The zero-order chi connectivity index (χ0) is 12.0. The monoisotopic (exact) mass is 246 g/mol. The highest BCUT2D eigenvalue weighted by Gasteiger charge is 2.05. The fourth-order valence-corrected chi connectivity index (χ4v) is 1.82. The maximum absolute atomic E-state index is 12.1. The summed E-state index contributed by atoms with van der Waals surface area (Å²) in [6.07, 6.45) is 0.807. The summed E-state index contributed by atoms with van der Waals surface area (Å²) in [6.45, 7) is 2.36. The predicted molar refractivity (Wildman–Crippen MR) is 60.8 cm³/mol. The Morgan fingerprint density at radius 1 is 1.31 bits per heavy atom. The van der Waals surface area contributed by atoms with Crippen molar-refractivity contribution in [2.24, 2.45) is 0 Å². The van der Waals surface area contributed by atoms with E-state index in [-0.39, 0.29) is 6.42 Å². The smallest absolute Gasteiger partial charge is 0.302 e. The van der Waals surface area contributed by atoms with Crippen molar-refractivity contribution in [2.45, 2.75) is 19.8 Å². The average molecular weight is 246 g/mol. The third kappa shape index (κ3) is 5.70. The second-order valence-corrected chi connectivity index (χ2v) is 5.10. The third-order valence-corrected chi connectivity index (χ3v) is 2.82. The lowest BCUT2D eigenvalue weighted by molar-refractivity contribution is 0.309. The number of rotatable bonds is 6. The molecule has 0 aliphatic rings. The summed E-state index contributed by atoms with van der Waals surface area (Å²) >= 11 is 0. The van der Waals surface area contributed by atoms with Crippen LogP contribution in [0, 0.1) is 6.92 Å². The van der Waals surface area contributed by atoms with Gasteiger partial charge in [0.2, 0.25) is 0 Å². The minimum atomic E-state index is -4.33. The molecule has 0 atom stereocenters. The van der Waals surface area contributed by atoms with Crippen molar-refractivity contribution in [1.29, 1.82) is 0 Å². The first-order chi connectivity index (χ1) is 7.47. The summed E-state index contributed by atoms with van der Waals surface area (Å²) in [6, 6.07) is 7.57. The van der Waals surface area contributed by atoms with E-state index in [0.717, 1.165) is 11.3 Å². The topological polar surface area (TPSA) is 43.4 Å². The van der Waals surface area contributed by atoms with Gasteiger partial charge in [-0.3, -0.25) is 0 Å². The highest BCUT2D eigenvalue weighted by atomic mass is 32.3. The van der Waals surface area contributed by atoms with Crippen LogP contribution in [-0.4, -0.2) is 20.8 Å². The minimum Gasteiger partial charge on any atom is -0.494 e. The molecule has 0 fully saturated rings. The van der Waals surface area contributed by atoms with Crippen molar-refractivity contribution < 1.29 is 17.0 Å². The Kier molecular flexibility index (Phi) is 4.73. The molecule has 0 heterocycles. The summed E-state index contributed by atoms with van der Waals surface area (Å²) in [4.78, 5) is 0. The number of ether oxygens (including phenoxy) is 1. The third-order valence-electron chi connectivity index (χ3n) is 2.04. The van der Waals surface area contributed by atoms with Crippen molar-refractivity contribution >= 4 is 10.2 Å². The molecule has 0 aromatic heterocycles. The van der Waals surface area contributed by atoms with Crippen LogP contribution in [0.3, 0.4) is 0 Å². The maximum Gasteiger partial charge on any atom is 0.302 e. The minimum absolute atomic E-state index is 0.282. The molecule has 0 saturated heterocycles. The lowest BCUT2D eigenvalue weighted by Gasteiger charge is -2.05. The summed E-state index contributed by atoms with van der Waals surface area (Å²) in [5, 5.41) is 0. The van der Waals surface area contributed by atoms with E-state index in [1.807, 2.05) is 31.2 Å². The predicted octanol–water partition coefficient (Wildman–Crippen LogP) is 2.45. The lowest BCUT2D eigenvalue weighted by Crippen LogP contribution is -2.02. The number of hydrogen-bond acceptors (Lipinski definition) is 3. The van der Waals surface area contributed by atoms with E-state index < -0.39 is 16.0 Å². The fourth-order valence-electron chi connectivity index (χ4n) is 1.27. The number of hydrogen-bond donors (Lipinski definition) is 0. The molecule has 1 rings (SSSR count). The molecule has 0 aliphatic heterocycles. The molecule has 0 aliphatic carbocycles. The van der Waals surface area contributed by atoms with Gasteiger partial charge in [0.15, 0.2) is 0 Å². The Labute approximate surface area is 95.5 Å². The SMILES string of the molecule is Cc1cccc(OCCCCS(=O)(=O)F)c1. The van der Waals surface area contributed by atoms with Crippen LogP contribution in [0.2, 0.25) is 0 Å². The summed E-state index contributed by atoms with van der Waals surface area (Å²) in [7, 11) is -4.33. The van der Waals surface area contributed by atoms with Gasteiger partial charge in [0.25, 0.3) is 0 Å². The lowest BCUT2D eigenvalue weighted by atomic mass is 10.2. The Morgan fingerprint density at radius 3 is 2.69 bits per heavy atom. The number of aryl methyl sites for hydroxylation is 1. The zero-order valence-corrected chi connectivity index (χ0v) is 9.97. The summed E-state index contributed by atoms with van der Waals surface area (Å²) < 4.78 is 37.9. The molecule has 1 aromatic rings. The van der Waals surface area contributed by atoms with Crippen LogP contribution in [-0.2, 0) is 10.2 Å². The van der Waals surface area contributed by atoms with E-state index in [4.69, 9.17) is 4.74 Å². The normalized spacial score (nSPS) is 11.4. The zero-order valence-electron chi connectivity index (χ0n) is 9.15. The molecule has 0 unspecified atom stereocenters. The van der Waals surface area contributed by atoms with Crippen LogP contribution in [0.25, 0.3) is 0 Å². The number of unbranched alkanes of at least 4 members (excludes halogenated alkanes) is 1. The standard InChI is InChI=1S/C11H15FO3S/c1-10-5-4-6-11(9-10)15-7-2-3-8-16(12,13)14/h4-6,9H,2-3,7-8H2,1H3. The largest absolute Gasteiger partial charge is 0.494 e. The van der Waals surface area contributed by atoms with E-state index in [1.54, 1.807) is 0 Å². The van der Waals surface area contributed by atoms with Crippen molar-refractivity contribution in [3.63, 3.8) is 0 Å². The van der Waals surface area contributed by atoms with Gasteiger partial charge < -0.3 is 4.74 Å². The Morgan fingerprint density at radius 2 is 2.06 bits per heavy atom. The van der Waals surface area contributed by atoms with E-state index in [2.05, 4.69) is 0 Å². The van der Waals surface area contributed by atoms with E-state index >= 15 is 0 Å². The molecule has 0 saturated carbocycles.